The lowest BCUT2D eigenvalue weighted by Crippen LogP contribution is -2.27. The van der Waals surface area contributed by atoms with Gasteiger partial charge in [-0.05, 0) is 43.2 Å². The molecule has 2 amide bonds. The van der Waals surface area contributed by atoms with Crippen molar-refractivity contribution in [3.05, 3.63) is 64.5 Å². The first kappa shape index (κ1) is 15.7. The quantitative estimate of drug-likeness (QED) is 0.882. The minimum absolute atomic E-state index is 0.212. The molecule has 0 radical (unpaired) electrons. The van der Waals surface area contributed by atoms with Crippen molar-refractivity contribution in [1.29, 1.82) is 0 Å². The number of aromatic nitrogens is 1. The van der Waals surface area contributed by atoms with Gasteiger partial charge in [-0.1, -0.05) is 12.1 Å². The van der Waals surface area contributed by atoms with Crippen LogP contribution in [0.15, 0.2) is 36.5 Å². The third-order valence-electron chi connectivity index (χ3n) is 3.56. The van der Waals surface area contributed by atoms with Gasteiger partial charge in [0.1, 0.15) is 0 Å². The SMILES string of the molecule is Cc1ccc(C(=O)NCCc2ccccn2)c(C)c1C(N)=O. The molecule has 1 heterocycles. The molecule has 2 aromatic rings. The molecule has 0 bridgehead atoms. The van der Waals surface area contributed by atoms with Gasteiger partial charge in [0.2, 0.25) is 5.91 Å². The summed E-state index contributed by atoms with van der Waals surface area (Å²) in [6.07, 6.45) is 2.38. The maximum atomic E-state index is 12.3. The number of rotatable bonds is 5. The number of carbonyl (C=O) groups is 2. The van der Waals surface area contributed by atoms with E-state index in [1.54, 1.807) is 32.2 Å². The van der Waals surface area contributed by atoms with Crippen LogP contribution in [0.1, 0.15) is 37.5 Å². The van der Waals surface area contributed by atoms with Crippen molar-refractivity contribution in [3.63, 3.8) is 0 Å². The highest BCUT2D eigenvalue weighted by molar-refractivity contribution is 6.02. The van der Waals surface area contributed by atoms with Crippen LogP contribution in [-0.2, 0) is 6.42 Å². The van der Waals surface area contributed by atoms with Crippen LogP contribution in [0.5, 0.6) is 0 Å². The number of nitrogens with zero attached hydrogens (tertiary/aromatic N) is 1. The van der Waals surface area contributed by atoms with E-state index in [4.69, 9.17) is 5.73 Å². The molecule has 22 heavy (non-hydrogen) atoms. The van der Waals surface area contributed by atoms with Gasteiger partial charge in [0.05, 0.1) is 0 Å². The Balaban J connectivity index is 2.07. The van der Waals surface area contributed by atoms with Crippen LogP contribution >= 0.6 is 0 Å². The summed E-state index contributed by atoms with van der Waals surface area (Å²) in [5.74, 6) is -0.728. The molecular formula is C17H19N3O2. The first-order valence-corrected chi connectivity index (χ1v) is 7.09. The molecule has 0 aliphatic carbocycles. The van der Waals surface area contributed by atoms with E-state index in [1.807, 2.05) is 18.2 Å². The summed E-state index contributed by atoms with van der Waals surface area (Å²) in [5.41, 5.74) is 8.57. The fourth-order valence-electron chi connectivity index (χ4n) is 2.42. The maximum absolute atomic E-state index is 12.3. The van der Waals surface area contributed by atoms with Gasteiger partial charge in [0.25, 0.3) is 5.91 Å². The molecule has 0 aliphatic rings. The Morgan fingerprint density at radius 2 is 1.95 bits per heavy atom. The van der Waals surface area contributed by atoms with E-state index in [1.165, 1.54) is 0 Å². The van der Waals surface area contributed by atoms with Crippen LogP contribution in [0.4, 0.5) is 0 Å². The summed E-state index contributed by atoms with van der Waals surface area (Å²) in [5, 5.41) is 2.84. The third-order valence-corrected chi connectivity index (χ3v) is 3.56. The summed E-state index contributed by atoms with van der Waals surface area (Å²) in [6, 6.07) is 9.12. The highest BCUT2D eigenvalue weighted by Crippen LogP contribution is 2.17. The molecule has 2 rings (SSSR count). The minimum Gasteiger partial charge on any atom is -0.366 e. The summed E-state index contributed by atoms with van der Waals surface area (Å²) >= 11 is 0. The average molecular weight is 297 g/mol. The van der Waals surface area contributed by atoms with Crippen LogP contribution in [0, 0.1) is 13.8 Å². The largest absolute Gasteiger partial charge is 0.366 e. The fraction of sp³-hybridized carbons (Fsp3) is 0.235. The number of nitrogens with two attached hydrogens (primary N) is 1. The number of carbonyl (C=O) groups excluding carboxylic acids is 2. The molecule has 1 aromatic heterocycles. The van der Waals surface area contributed by atoms with E-state index < -0.39 is 5.91 Å². The Kier molecular flexibility index (Phi) is 4.88. The first-order chi connectivity index (χ1) is 10.5. The van der Waals surface area contributed by atoms with E-state index >= 15 is 0 Å². The second kappa shape index (κ2) is 6.85. The smallest absolute Gasteiger partial charge is 0.251 e. The van der Waals surface area contributed by atoms with Crippen molar-refractivity contribution < 1.29 is 9.59 Å². The molecule has 0 aliphatic heterocycles. The number of nitrogens with one attached hydrogen (secondary N) is 1. The summed E-state index contributed by atoms with van der Waals surface area (Å²) in [6.45, 7) is 4.02. The molecule has 0 spiro atoms. The molecule has 0 unspecified atom stereocenters. The van der Waals surface area contributed by atoms with Gasteiger partial charge in [0, 0.05) is 36.0 Å². The van der Waals surface area contributed by atoms with Gasteiger partial charge < -0.3 is 11.1 Å². The second-order valence-electron chi connectivity index (χ2n) is 5.12. The number of amides is 2. The van der Waals surface area contributed by atoms with Crippen molar-refractivity contribution in [2.75, 3.05) is 6.54 Å². The minimum atomic E-state index is -0.516. The molecule has 3 N–H and O–H groups in total. The van der Waals surface area contributed by atoms with Crippen LogP contribution in [-0.4, -0.2) is 23.3 Å². The molecule has 114 valence electrons. The molecule has 0 saturated carbocycles. The Morgan fingerprint density at radius 3 is 2.59 bits per heavy atom. The maximum Gasteiger partial charge on any atom is 0.251 e. The highest BCUT2D eigenvalue weighted by Gasteiger charge is 2.16. The van der Waals surface area contributed by atoms with E-state index in [0.717, 1.165) is 11.3 Å². The van der Waals surface area contributed by atoms with Crippen LogP contribution in [0.2, 0.25) is 0 Å². The summed E-state index contributed by atoms with van der Waals surface area (Å²) in [4.78, 5) is 28.0. The standard InChI is InChI=1S/C17H19N3O2/c1-11-6-7-14(12(2)15(11)16(18)21)17(22)20-10-8-13-5-3-4-9-19-13/h3-7,9H,8,10H2,1-2H3,(H2,18,21)(H,20,22). The Bertz CT molecular complexity index is 697. The van der Waals surface area contributed by atoms with E-state index in [-0.39, 0.29) is 5.91 Å². The number of aryl methyl sites for hydroxylation is 1. The third kappa shape index (κ3) is 3.49. The van der Waals surface area contributed by atoms with Gasteiger partial charge in [-0.2, -0.15) is 0 Å². The normalized spacial score (nSPS) is 10.3. The van der Waals surface area contributed by atoms with Crippen LogP contribution in [0.25, 0.3) is 0 Å². The lowest BCUT2D eigenvalue weighted by atomic mass is 9.96. The van der Waals surface area contributed by atoms with Gasteiger partial charge in [-0.25, -0.2) is 0 Å². The summed E-state index contributed by atoms with van der Waals surface area (Å²) < 4.78 is 0. The monoisotopic (exact) mass is 297 g/mol. The molecular weight excluding hydrogens is 278 g/mol. The van der Waals surface area contributed by atoms with Gasteiger partial charge in [0.15, 0.2) is 0 Å². The number of benzene rings is 1. The highest BCUT2D eigenvalue weighted by atomic mass is 16.2. The molecule has 5 nitrogen and oxygen atoms in total. The van der Waals surface area contributed by atoms with Crippen molar-refractivity contribution in [2.45, 2.75) is 20.3 Å². The fourth-order valence-corrected chi connectivity index (χ4v) is 2.42. The Hall–Kier alpha value is -2.69. The average Bonchev–Trinajstić information content (AvgIpc) is 2.48. The zero-order valence-electron chi connectivity index (χ0n) is 12.7. The van der Waals surface area contributed by atoms with Gasteiger partial charge >= 0.3 is 0 Å². The lowest BCUT2D eigenvalue weighted by Gasteiger charge is -2.12. The van der Waals surface area contributed by atoms with E-state index in [9.17, 15) is 9.59 Å². The number of hydrogen-bond donors (Lipinski definition) is 2. The van der Waals surface area contributed by atoms with Crippen molar-refractivity contribution >= 4 is 11.8 Å². The first-order valence-electron chi connectivity index (χ1n) is 7.09. The Morgan fingerprint density at radius 1 is 1.18 bits per heavy atom. The zero-order chi connectivity index (χ0) is 16.1. The number of hydrogen-bond acceptors (Lipinski definition) is 3. The van der Waals surface area contributed by atoms with E-state index in [2.05, 4.69) is 10.3 Å². The van der Waals surface area contributed by atoms with E-state index in [0.29, 0.717) is 29.7 Å². The second-order valence-corrected chi connectivity index (χ2v) is 5.12. The molecule has 0 saturated heterocycles. The number of pyridine rings is 1. The van der Waals surface area contributed by atoms with Crippen molar-refractivity contribution in [3.8, 4) is 0 Å². The predicted molar refractivity (Wildman–Crippen MR) is 84.7 cm³/mol. The van der Waals surface area contributed by atoms with Gasteiger partial charge in [-0.15, -0.1) is 0 Å². The number of primary amides is 1. The zero-order valence-corrected chi connectivity index (χ0v) is 12.7. The molecule has 0 fully saturated rings. The Labute approximate surface area is 129 Å². The van der Waals surface area contributed by atoms with Crippen LogP contribution < -0.4 is 11.1 Å². The summed E-state index contributed by atoms with van der Waals surface area (Å²) in [7, 11) is 0. The molecule has 5 heteroatoms. The van der Waals surface area contributed by atoms with Crippen LogP contribution in [0.3, 0.4) is 0 Å². The van der Waals surface area contributed by atoms with Crippen molar-refractivity contribution in [2.24, 2.45) is 5.73 Å². The predicted octanol–water partition coefficient (Wildman–Crippen LogP) is 1.77. The lowest BCUT2D eigenvalue weighted by molar-refractivity contribution is 0.0953. The van der Waals surface area contributed by atoms with Crippen molar-refractivity contribution in [1.82, 2.24) is 10.3 Å². The topological polar surface area (TPSA) is 85.1 Å². The molecule has 1 aromatic carbocycles. The van der Waals surface area contributed by atoms with Gasteiger partial charge in [-0.3, -0.25) is 14.6 Å². The molecule has 0 atom stereocenters.